The molecular weight excluding hydrogens is 505 g/mol. The van der Waals surface area contributed by atoms with Crippen LogP contribution < -0.4 is 9.64 Å². The van der Waals surface area contributed by atoms with Gasteiger partial charge in [0, 0.05) is 42.9 Å². The van der Waals surface area contributed by atoms with Gasteiger partial charge in [-0.3, -0.25) is 14.7 Å². The molecule has 5 rings (SSSR count). The fourth-order valence-corrected chi connectivity index (χ4v) is 5.66. The van der Waals surface area contributed by atoms with Gasteiger partial charge in [-0.15, -0.1) is 0 Å². The first kappa shape index (κ1) is 28.1. The van der Waals surface area contributed by atoms with Crippen molar-refractivity contribution in [2.24, 2.45) is 5.41 Å². The van der Waals surface area contributed by atoms with E-state index in [1.165, 1.54) is 18.6 Å². The molecule has 0 amide bonds. The van der Waals surface area contributed by atoms with Crippen molar-refractivity contribution in [3.63, 3.8) is 0 Å². The zero-order valence-electron chi connectivity index (χ0n) is 23.9. The van der Waals surface area contributed by atoms with Gasteiger partial charge in [0.15, 0.2) is 0 Å². The van der Waals surface area contributed by atoms with E-state index in [1.54, 1.807) is 12.1 Å². The molecule has 0 saturated carbocycles. The first-order chi connectivity index (χ1) is 19.2. The molecule has 40 heavy (non-hydrogen) atoms. The van der Waals surface area contributed by atoms with Crippen molar-refractivity contribution < 1.29 is 19.0 Å². The summed E-state index contributed by atoms with van der Waals surface area (Å²) in [6.07, 6.45) is 3.96. The molecule has 0 atom stereocenters. The lowest BCUT2D eigenvalue weighted by atomic mass is 9.82. The van der Waals surface area contributed by atoms with E-state index in [9.17, 15) is 14.3 Å². The van der Waals surface area contributed by atoms with Gasteiger partial charge < -0.3 is 14.7 Å². The summed E-state index contributed by atoms with van der Waals surface area (Å²) in [4.78, 5) is 21.8. The van der Waals surface area contributed by atoms with Crippen LogP contribution in [0.3, 0.4) is 0 Å². The van der Waals surface area contributed by atoms with Gasteiger partial charge >= 0.3 is 5.97 Å². The van der Waals surface area contributed by atoms with Crippen LogP contribution in [0.4, 0.5) is 10.1 Å². The van der Waals surface area contributed by atoms with Crippen LogP contribution >= 0.6 is 0 Å². The number of rotatable bonds is 10. The van der Waals surface area contributed by atoms with E-state index >= 15 is 0 Å². The molecule has 212 valence electrons. The number of anilines is 1. The second-order valence-corrected chi connectivity index (χ2v) is 11.9. The van der Waals surface area contributed by atoms with Crippen LogP contribution in [-0.4, -0.2) is 53.7 Å². The maximum Gasteiger partial charge on any atom is 0.307 e. The maximum atomic E-state index is 13.2. The van der Waals surface area contributed by atoms with E-state index in [0.717, 1.165) is 90.6 Å². The summed E-state index contributed by atoms with van der Waals surface area (Å²) >= 11 is 0. The smallest absolute Gasteiger partial charge is 0.307 e. The number of halogens is 1. The minimum atomic E-state index is -0.838. The molecule has 0 spiro atoms. The lowest BCUT2D eigenvalue weighted by Gasteiger charge is -2.41. The third-order valence-electron chi connectivity index (χ3n) is 8.35. The number of pyridine rings is 1. The number of piperidine rings is 1. The van der Waals surface area contributed by atoms with Crippen molar-refractivity contribution in [1.82, 2.24) is 9.88 Å². The van der Waals surface area contributed by atoms with Crippen LogP contribution in [0.5, 0.6) is 5.75 Å². The zero-order valence-corrected chi connectivity index (χ0v) is 23.9. The molecule has 0 radical (unpaired) electrons. The van der Waals surface area contributed by atoms with Crippen molar-refractivity contribution in [3.05, 3.63) is 76.9 Å². The molecule has 2 saturated heterocycles. The summed E-state index contributed by atoms with van der Waals surface area (Å²) in [5.74, 6) is -0.310. The zero-order chi connectivity index (χ0) is 28.3. The van der Waals surface area contributed by atoms with E-state index in [2.05, 4.69) is 35.8 Å². The maximum absolute atomic E-state index is 13.2. The number of hydrogen-bond donors (Lipinski definition) is 1. The van der Waals surface area contributed by atoms with Crippen molar-refractivity contribution in [3.8, 4) is 16.9 Å². The first-order valence-corrected chi connectivity index (χ1v) is 14.4. The second kappa shape index (κ2) is 12.0. The molecule has 0 aliphatic carbocycles. The van der Waals surface area contributed by atoms with Gasteiger partial charge in [-0.2, -0.15) is 0 Å². The molecule has 2 aromatic carbocycles. The van der Waals surface area contributed by atoms with Gasteiger partial charge in [0.1, 0.15) is 11.6 Å². The molecule has 0 unspecified atom stereocenters. The monoisotopic (exact) mass is 545 g/mol. The largest absolute Gasteiger partial charge is 0.493 e. The SMILES string of the molecule is Cc1nc(CN2CCC2)c(-c2ccc(OCCc3ccc(F)cc3)cc2)c(N2CCC(C)(C)CC2)c1CC(=O)O. The number of aromatic nitrogens is 1. The number of benzene rings is 2. The van der Waals surface area contributed by atoms with Crippen molar-refractivity contribution in [1.29, 1.82) is 0 Å². The Hall–Kier alpha value is -3.45. The molecule has 1 N–H and O–H groups in total. The third kappa shape index (κ3) is 6.64. The van der Waals surface area contributed by atoms with Gasteiger partial charge in [-0.25, -0.2) is 4.39 Å². The minimum Gasteiger partial charge on any atom is -0.493 e. The number of carbonyl (C=O) groups is 1. The number of carboxylic acids is 1. The van der Waals surface area contributed by atoms with Gasteiger partial charge in [0.25, 0.3) is 0 Å². The summed E-state index contributed by atoms with van der Waals surface area (Å²) in [7, 11) is 0. The van der Waals surface area contributed by atoms with Crippen LogP contribution in [0.25, 0.3) is 11.1 Å². The summed E-state index contributed by atoms with van der Waals surface area (Å²) < 4.78 is 19.2. The molecule has 0 bridgehead atoms. The molecule has 2 fully saturated rings. The van der Waals surface area contributed by atoms with Gasteiger partial charge in [-0.1, -0.05) is 38.1 Å². The lowest BCUT2D eigenvalue weighted by molar-refractivity contribution is -0.136. The van der Waals surface area contributed by atoms with Gasteiger partial charge in [-0.05, 0) is 80.1 Å². The van der Waals surface area contributed by atoms with Crippen LogP contribution in [0.15, 0.2) is 48.5 Å². The van der Waals surface area contributed by atoms with Crippen LogP contribution in [0.2, 0.25) is 0 Å². The Kier molecular flexibility index (Phi) is 8.40. The molecular formula is C33H40FN3O3. The molecule has 2 aliphatic heterocycles. The normalized spacial score (nSPS) is 16.9. The number of ether oxygens (including phenoxy) is 1. The lowest BCUT2D eigenvalue weighted by Crippen LogP contribution is -2.39. The Morgan fingerprint density at radius 3 is 2.30 bits per heavy atom. The number of nitrogens with zero attached hydrogens (tertiary/aromatic N) is 3. The van der Waals surface area contributed by atoms with E-state index in [0.29, 0.717) is 13.0 Å². The van der Waals surface area contributed by atoms with E-state index in [-0.39, 0.29) is 17.7 Å². The fraction of sp³-hybridized carbons (Fsp3) is 0.455. The molecule has 3 heterocycles. The summed E-state index contributed by atoms with van der Waals surface area (Å²) in [6, 6.07) is 14.6. The Labute approximate surface area is 236 Å². The second-order valence-electron chi connectivity index (χ2n) is 11.9. The Bertz CT molecular complexity index is 1320. The number of carboxylic acid groups (broad SMARTS) is 1. The van der Waals surface area contributed by atoms with Crippen LogP contribution in [0, 0.1) is 18.2 Å². The van der Waals surface area contributed by atoms with E-state index in [4.69, 9.17) is 9.72 Å². The number of aliphatic carboxylic acids is 1. The molecule has 1 aromatic heterocycles. The summed E-state index contributed by atoms with van der Waals surface area (Å²) in [6.45, 7) is 11.7. The quantitative estimate of drug-likeness (QED) is 0.324. The molecule has 7 heteroatoms. The Balaban J connectivity index is 1.48. The van der Waals surface area contributed by atoms with Crippen molar-refractivity contribution in [2.45, 2.75) is 59.4 Å². The highest BCUT2D eigenvalue weighted by molar-refractivity contribution is 5.86. The van der Waals surface area contributed by atoms with Crippen LogP contribution in [-0.2, 0) is 24.2 Å². The predicted octanol–water partition coefficient (Wildman–Crippen LogP) is 6.28. The Morgan fingerprint density at radius 1 is 1.02 bits per heavy atom. The van der Waals surface area contributed by atoms with Gasteiger partial charge in [0.05, 0.1) is 24.4 Å². The standard InChI is InChI=1S/C33H40FN3O3/c1-23-28(21-30(38)39)32(37-18-14-33(2,3)15-19-37)31(29(35-23)22-36-16-4-17-36)25-7-11-27(12-8-25)40-20-13-24-5-9-26(34)10-6-24/h5-12H,4,13-22H2,1-3H3,(H,38,39). The number of likely N-dealkylation sites (tertiary alicyclic amines) is 1. The van der Waals surface area contributed by atoms with E-state index < -0.39 is 5.97 Å². The predicted molar refractivity (Wildman–Crippen MR) is 156 cm³/mol. The minimum absolute atomic E-state index is 0.0460. The van der Waals surface area contributed by atoms with Crippen molar-refractivity contribution in [2.75, 3.05) is 37.7 Å². The molecule has 3 aromatic rings. The van der Waals surface area contributed by atoms with Crippen molar-refractivity contribution >= 4 is 11.7 Å². The van der Waals surface area contributed by atoms with Crippen LogP contribution in [0.1, 0.15) is 55.6 Å². The third-order valence-corrected chi connectivity index (χ3v) is 8.35. The highest BCUT2D eigenvalue weighted by atomic mass is 19.1. The number of aryl methyl sites for hydroxylation is 1. The summed E-state index contributed by atoms with van der Waals surface area (Å²) in [5, 5.41) is 9.85. The average Bonchev–Trinajstić information content (AvgIpc) is 2.89. The molecule has 6 nitrogen and oxygen atoms in total. The average molecular weight is 546 g/mol. The fourth-order valence-electron chi connectivity index (χ4n) is 5.66. The number of hydrogen-bond acceptors (Lipinski definition) is 5. The summed E-state index contributed by atoms with van der Waals surface area (Å²) in [5.41, 5.74) is 7.05. The highest BCUT2D eigenvalue weighted by Gasteiger charge is 2.31. The first-order valence-electron chi connectivity index (χ1n) is 14.4. The van der Waals surface area contributed by atoms with Gasteiger partial charge in [0.2, 0.25) is 0 Å². The topological polar surface area (TPSA) is 65.9 Å². The highest BCUT2D eigenvalue weighted by Crippen LogP contribution is 2.42. The van der Waals surface area contributed by atoms with E-state index in [1.807, 2.05) is 19.1 Å². The Morgan fingerprint density at radius 2 is 1.70 bits per heavy atom. The molecule has 2 aliphatic rings.